The molecule has 0 saturated carbocycles. The fraction of sp³-hybridized carbons (Fsp3) is 0.647. The highest BCUT2D eigenvalue weighted by Gasteiger charge is 2.16. The number of rotatable bonds is 6. The summed E-state index contributed by atoms with van der Waals surface area (Å²) in [5.74, 6) is 0.620. The minimum absolute atomic E-state index is 0.584. The molecule has 0 amide bonds. The fourth-order valence-corrected chi connectivity index (χ4v) is 2.78. The molecule has 2 rings (SSSR count). The lowest BCUT2D eigenvalue weighted by Gasteiger charge is -2.18. The van der Waals surface area contributed by atoms with Crippen LogP contribution in [0.25, 0.3) is 0 Å². The highest BCUT2D eigenvalue weighted by molar-refractivity contribution is 5.24. The van der Waals surface area contributed by atoms with E-state index in [1.807, 2.05) is 0 Å². The topological polar surface area (TPSA) is 24.1 Å². The smallest absolute Gasteiger partial charge is 0.0207 e. The first-order valence-corrected chi connectivity index (χ1v) is 7.70. The Kier molecular flexibility index (Phi) is 5.41. The molecule has 0 radical (unpaired) electrons. The minimum atomic E-state index is 0.584. The predicted molar refractivity (Wildman–Crippen MR) is 82.5 cm³/mol. The van der Waals surface area contributed by atoms with Gasteiger partial charge >= 0.3 is 0 Å². The molecule has 2 nitrogen and oxygen atoms in total. The quantitative estimate of drug-likeness (QED) is 0.819. The molecule has 1 aliphatic heterocycles. The van der Waals surface area contributed by atoms with E-state index in [-0.39, 0.29) is 0 Å². The van der Waals surface area contributed by atoms with E-state index in [9.17, 15) is 0 Å². The van der Waals surface area contributed by atoms with E-state index >= 15 is 0 Å². The average molecular weight is 260 g/mol. The molecule has 1 fully saturated rings. The zero-order valence-corrected chi connectivity index (χ0v) is 12.6. The van der Waals surface area contributed by atoms with Gasteiger partial charge in [0.15, 0.2) is 0 Å². The van der Waals surface area contributed by atoms with Gasteiger partial charge in [-0.05, 0) is 49.8 Å². The average Bonchev–Trinajstić information content (AvgIpc) is 2.89. The summed E-state index contributed by atoms with van der Waals surface area (Å²) in [6.07, 6.45) is 3.92. The van der Waals surface area contributed by atoms with Crippen molar-refractivity contribution in [3.05, 3.63) is 35.4 Å². The zero-order valence-electron chi connectivity index (χ0n) is 12.6. The standard InChI is InChI=1S/C17H28N2/c1-13(2)16-8-6-15(7-9-16)12-19-14(3)11-17-5-4-10-18-17/h6-9,13-14,17-19H,4-5,10-12H2,1-3H3. The predicted octanol–water partition coefficient (Wildman–Crippen LogP) is 3.43. The first kappa shape index (κ1) is 14.5. The highest BCUT2D eigenvalue weighted by atomic mass is 15.0. The van der Waals surface area contributed by atoms with Crippen LogP contribution in [0, 0.1) is 0 Å². The maximum absolute atomic E-state index is 3.63. The van der Waals surface area contributed by atoms with Crippen LogP contribution >= 0.6 is 0 Å². The second-order valence-corrected chi connectivity index (χ2v) is 6.21. The van der Waals surface area contributed by atoms with Crippen LogP contribution in [0.15, 0.2) is 24.3 Å². The monoisotopic (exact) mass is 260 g/mol. The molecule has 2 heteroatoms. The zero-order chi connectivity index (χ0) is 13.7. The van der Waals surface area contributed by atoms with Crippen molar-refractivity contribution in [1.82, 2.24) is 10.6 Å². The van der Waals surface area contributed by atoms with Gasteiger partial charge in [0.1, 0.15) is 0 Å². The number of nitrogens with one attached hydrogen (secondary N) is 2. The maximum atomic E-state index is 3.63. The van der Waals surface area contributed by atoms with Crippen LogP contribution in [-0.2, 0) is 6.54 Å². The highest BCUT2D eigenvalue weighted by Crippen LogP contribution is 2.15. The normalized spacial score (nSPS) is 20.9. The van der Waals surface area contributed by atoms with Crippen LogP contribution in [0.4, 0.5) is 0 Å². The summed E-state index contributed by atoms with van der Waals surface area (Å²) < 4.78 is 0. The van der Waals surface area contributed by atoms with Crippen molar-refractivity contribution in [2.24, 2.45) is 0 Å². The Bertz CT molecular complexity index is 363. The van der Waals surface area contributed by atoms with Crippen molar-refractivity contribution in [3.63, 3.8) is 0 Å². The summed E-state index contributed by atoms with van der Waals surface area (Å²) in [5, 5.41) is 7.20. The van der Waals surface area contributed by atoms with E-state index in [1.54, 1.807) is 0 Å². The summed E-state index contributed by atoms with van der Waals surface area (Å²) in [4.78, 5) is 0. The molecule has 2 N–H and O–H groups in total. The van der Waals surface area contributed by atoms with E-state index in [1.165, 1.54) is 36.9 Å². The molecule has 0 bridgehead atoms. The van der Waals surface area contributed by atoms with Crippen molar-refractivity contribution in [2.75, 3.05) is 6.54 Å². The molecule has 1 aromatic carbocycles. The molecule has 106 valence electrons. The molecule has 0 spiro atoms. The lowest BCUT2D eigenvalue weighted by molar-refractivity contribution is 0.440. The van der Waals surface area contributed by atoms with Gasteiger partial charge in [0, 0.05) is 18.6 Å². The van der Waals surface area contributed by atoms with Crippen molar-refractivity contribution < 1.29 is 0 Å². The minimum Gasteiger partial charge on any atom is -0.314 e. The molecule has 0 aromatic heterocycles. The van der Waals surface area contributed by atoms with Crippen molar-refractivity contribution in [3.8, 4) is 0 Å². The van der Waals surface area contributed by atoms with Crippen LogP contribution < -0.4 is 10.6 Å². The third kappa shape index (κ3) is 4.63. The molecule has 19 heavy (non-hydrogen) atoms. The lowest BCUT2D eigenvalue weighted by Crippen LogP contribution is -2.33. The summed E-state index contributed by atoms with van der Waals surface area (Å²) in [5.41, 5.74) is 2.81. The van der Waals surface area contributed by atoms with E-state index in [0.29, 0.717) is 12.0 Å². The van der Waals surface area contributed by atoms with Crippen molar-refractivity contribution in [2.45, 2.75) is 64.6 Å². The van der Waals surface area contributed by atoms with Crippen LogP contribution in [0.3, 0.4) is 0 Å². The molecule has 1 saturated heterocycles. The fourth-order valence-electron chi connectivity index (χ4n) is 2.78. The summed E-state index contributed by atoms with van der Waals surface area (Å²) in [7, 11) is 0. The first-order chi connectivity index (χ1) is 9.15. The Labute approximate surface area is 118 Å². The van der Waals surface area contributed by atoms with Gasteiger partial charge in [0.05, 0.1) is 0 Å². The Morgan fingerprint density at radius 2 is 1.95 bits per heavy atom. The molecule has 2 atom stereocenters. The van der Waals surface area contributed by atoms with Gasteiger partial charge in [0.2, 0.25) is 0 Å². The van der Waals surface area contributed by atoms with Crippen LogP contribution in [0.1, 0.15) is 57.1 Å². The summed E-state index contributed by atoms with van der Waals surface area (Å²) in [6, 6.07) is 10.3. The van der Waals surface area contributed by atoms with Gasteiger partial charge in [-0.25, -0.2) is 0 Å². The largest absolute Gasteiger partial charge is 0.314 e. The van der Waals surface area contributed by atoms with Gasteiger partial charge in [0.25, 0.3) is 0 Å². The second kappa shape index (κ2) is 7.06. The van der Waals surface area contributed by atoms with Gasteiger partial charge < -0.3 is 10.6 Å². The molecule has 1 heterocycles. The van der Waals surface area contributed by atoms with Crippen LogP contribution in [0.2, 0.25) is 0 Å². The Morgan fingerprint density at radius 1 is 1.21 bits per heavy atom. The van der Waals surface area contributed by atoms with Crippen molar-refractivity contribution in [1.29, 1.82) is 0 Å². The summed E-state index contributed by atoms with van der Waals surface area (Å²) in [6.45, 7) is 8.96. The maximum Gasteiger partial charge on any atom is 0.0207 e. The first-order valence-electron chi connectivity index (χ1n) is 7.70. The molecule has 2 unspecified atom stereocenters. The Hall–Kier alpha value is -0.860. The number of hydrogen-bond donors (Lipinski definition) is 2. The third-order valence-corrected chi connectivity index (χ3v) is 4.10. The molecular weight excluding hydrogens is 232 g/mol. The summed E-state index contributed by atoms with van der Waals surface area (Å²) >= 11 is 0. The molecule has 1 aromatic rings. The van der Waals surface area contributed by atoms with E-state index < -0.39 is 0 Å². The van der Waals surface area contributed by atoms with Crippen LogP contribution in [-0.4, -0.2) is 18.6 Å². The van der Waals surface area contributed by atoms with E-state index in [2.05, 4.69) is 55.7 Å². The number of hydrogen-bond acceptors (Lipinski definition) is 2. The van der Waals surface area contributed by atoms with Crippen molar-refractivity contribution >= 4 is 0 Å². The van der Waals surface area contributed by atoms with E-state index in [0.717, 1.165) is 12.6 Å². The molecule has 1 aliphatic rings. The lowest BCUT2D eigenvalue weighted by atomic mass is 10.0. The number of benzene rings is 1. The second-order valence-electron chi connectivity index (χ2n) is 6.21. The molecule has 0 aliphatic carbocycles. The van der Waals surface area contributed by atoms with Gasteiger partial charge in [-0.15, -0.1) is 0 Å². The van der Waals surface area contributed by atoms with Gasteiger partial charge in [-0.2, -0.15) is 0 Å². The van der Waals surface area contributed by atoms with Gasteiger partial charge in [-0.3, -0.25) is 0 Å². The molecular formula is C17H28N2. The third-order valence-electron chi connectivity index (χ3n) is 4.10. The van der Waals surface area contributed by atoms with Crippen LogP contribution in [0.5, 0.6) is 0 Å². The Morgan fingerprint density at radius 3 is 2.53 bits per heavy atom. The van der Waals surface area contributed by atoms with Gasteiger partial charge in [-0.1, -0.05) is 38.1 Å². The SMILES string of the molecule is CC(CC1CCCN1)NCc1ccc(C(C)C)cc1. The Balaban J connectivity index is 1.74. The van der Waals surface area contributed by atoms with E-state index in [4.69, 9.17) is 0 Å².